The number of sulfone groups is 1. The van der Waals surface area contributed by atoms with Crippen molar-refractivity contribution in [2.75, 3.05) is 19.3 Å². The third-order valence-corrected chi connectivity index (χ3v) is 6.24. The average Bonchev–Trinajstić information content (AvgIpc) is 2.63. The van der Waals surface area contributed by atoms with Gasteiger partial charge in [0.1, 0.15) is 6.10 Å². The number of aromatic nitrogens is 1. The van der Waals surface area contributed by atoms with Crippen LogP contribution >= 0.6 is 0 Å². The van der Waals surface area contributed by atoms with E-state index in [-0.39, 0.29) is 23.2 Å². The molecule has 1 aliphatic carbocycles. The molecule has 8 nitrogen and oxygen atoms in total. The van der Waals surface area contributed by atoms with Crippen molar-refractivity contribution in [3.63, 3.8) is 0 Å². The molecule has 1 N–H and O–H groups in total. The van der Waals surface area contributed by atoms with Crippen molar-refractivity contribution in [2.24, 2.45) is 0 Å². The lowest BCUT2D eigenvalue weighted by Gasteiger charge is -2.35. The van der Waals surface area contributed by atoms with E-state index in [9.17, 15) is 13.2 Å². The Balaban J connectivity index is 1.41. The molecular formula is C18H26N2O6S. The molecule has 1 saturated heterocycles. The number of likely N-dealkylation sites (tertiary alicyclic amines) is 1. The molecule has 2 fully saturated rings. The van der Waals surface area contributed by atoms with Crippen LogP contribution in [-0.4, -0.2) is 67.2 Å². The lowest BCUT2D eigenvalue weighted by atomic mass is 9.94. The van der Waals surface area contributed by atoms with Gasteiger partial charge in [0, 0.05) is 31.6 Å². The first-order valence-electron chi connectivity index (χ1n) is 9.27. The van der Waals surface area contributed by atoms with Gasteiger partial charge in [-0.05, 0) is 44.6 Å². The number of hydrogen-bond acceptors (Lipinski definition) is 6. The number of piperidine rings is 1. The zero-order valence-electron chi connectivity index (χ0n) is 15.4. The van der Waals surface area contributed by atoms with Crippen molar-refractivity contribution in [1.82, 2.24) is 9.88 Å². The van der Waals surface area contributed by atoms with Crippen molar-refractivity contribution >= 4 is 15.9 Å². The first-order valence-corrected chi connectivity index (χ1v) is 11.2. The lowest BCUT2D eigenvalue weighted by Crippen LogP contribution is -2.41. The minimum Gasteiger partial charge on any atom is -0.474 e. The van der Waals surface area contributed by atoms with E-state index in [1.165, 1.54) is 17.2 Å². The fourth-order valence-electron chi connectivity index (χ4n) is 3.57. The van der Waals surface area contributed by atoms with Gasteiger partial charge in [-0.3, -0.25) is 0 Å². The zero-order chi connectivity index (χ0) is 19.4. The summed E-state index contributed by atoms with van der Waals surface area (Å²) in [6.45, 7) is 1.07. The van der Waals surface area contributed by atoms with Crippen LogP contribution in [0.1, 0.15) is 38.5 Å². The van der Waals surface area contributed by atoms with Crippen LogP contribution in [0.5, 0.6) is 5.88 Å². The predicted octanol–water partition coefficient (Wildman–Crippen LogP) is 2.33. The van der Waals surface area contributed by atoms with Crippen LogP contribution in [-0.2, 0) is 14.6 Å². The van der Waals surface area contributed by atoms with E-state index >= 15 is 0 Å². The number of nitrogens with zero attached hydrogens (tertiary/aromatic N) is 2. The van der Waals surface area contributed by atoms with Gasteiger partial charge < -0.3 is 19.5 Å². The molecule has 1 aromatic rings. The maximum absolute atomic E-state index is 11.5. The molecule has 1 aromatic heterocycles. The molecular weight excluding hydrogens is 372 g/mol. The molecule has 0 atom stereocenters. The molecule has 0 unspecified atom stereocenters. The fraction of sp³-hybridized carbons (Fsp3) is 0.667. The number of amides is 1. The van der Waals surface area contributed by atoms with Crippen molar-refractivity contribution in [2.45, 2.75) is 61.7 Å². The highest BCUT2D eigenvalue weighted by atomic mass is 32.2. The summed E-state index contributed by atoms with van der Waals surface area (Å²) < 4.78 is 34.9. The molecule has 2 heterocycles. The van der Waals surface area contributed by atoms with E-state index in [1.807, 2.05) is 0 Å². The first-order chi connectivity index (χ1) is 12.8. The number of pyridine rings is 1. The van der Waals surface area contributed by atoms with Crippen LogP contribution in [0.3, 0.4) is 0 Å². The van der Waals surface area contributed by atoms with Gasteiger partial charge in [0.2, 0.25) is 5.88 Å². The summed E-state index contributed by atoms with van der Waals surface area (Å²) in [4.78, 5) is 16.6. The smallest absolute Gasteiger partial charge is 0.407 e. The summed E-state index contributed by atoms with van der Waals surface area (Å²) in [5.41, 5.74) is 0. The topological polar surface area (TPSA) is 106 Å². The summed E-state index contributed by atoms with van der Waals surface area (Å²) in [6.07, 6.45) is 6.98. The number of hydrogen-bond donors (Lipinski definition) is 1. The molecule has 0 aromatic carbocycles. The highest BCUT2D eigenvalue weighted by molar-refractivity contribution is 7.90. The Morgan fingerprint density at radius 1 is 1.07 bits per heavy atom. The van der Waals surface area contributed by atoms with E-state index in [0.29, 0.717) is 19.0 Å². The number of ether oxygens (including phenoxy) is 2. The van der Waals surface area contributed by atoms with Crippen molar-refractivity contribution < 1.29 is 27.8 Å². The zero-order valence-corrected chi connectivity index (χ0v) is 16.2. The highest BCUT2D eigenvalue weighted by Gasteiger charge is 2.28. The molecule has 3 rings (SSSR count). The second-order valence-electron chi connectivity index (χ2n) is 7.23. The number of carboxylic acid groups (broad SMARTS) is 1. The van der Waals surface area contributed by atoms with Gasteiger partial charge >= 0.3 is 6.09 Å². The quantitative estimate of drug-likeness (QED) is 0.811. The lowest BCUT2D eigenvalue weighted by molar-refractivity contribution is -0.0643. The SMILES string of the molecule is CS(=O)(=O)c1ccc(O[C@H]2CC[C@H](OC3CCN(C(=O)O)CC3)CC2)nc1. The van der Waals surface area contributed by atoms with Crippen molar-refractivity contribution in [3.8, 4) is 5.88 Å². The summed E-state index contributed by atoms with van der Waals surface area (Å²) in [5, 5.41) is 8.99. The van der Waals surface area contributed by atoms with Crippen LogP contribution in [0.2, 0.25) is 0 Å². The Hall–Kier alpha value is -1.87. The Bertz CT molecular complexity index is 736. The van der Waals surface area contributed by atoms with Gasteiger partial charge in [-0.2, -0.15) is 0 Å². The van der Waals surface area contributed by atoms with E-state index in [0.717, 1.165) is 44.8 Å². The van der Waals surface area contributed by atoms with Gasteiger partial charge in [0.15, 0.2) is 9.84 Å². The molecule has 27 heavy (non-hydrogen) atoms. The van der Waals surface area contributed by atoms with Gasteiger partial charge in [-0.1, -0.05) is 0 Å². The van der Waals surface area contributed by atoms with Gasteiger partial charge in [-0.15, -0.1) is 0 Å². The van der Waals surface area contributed by atoms with Crippen LogP contribution in [0, 0.1) is 0 Å². The van der Waals surface area contributed by atoms with Gasteiger partial charge in [0.05, 0.1) is 17.1 Å². The summed E-state index contributed by atoms with van der Waals surface area (Å²) in [5.74, 6) is 0.438. The molecule has 1 saturated carbocycles. The summed E-state index contributed by atoms with van der Waals surface area (Å²) in [6, 6.07) is 3.10. The van der Waals surface area contributed by atoms with Crippen LogP contribution < -0.4 is 4.74 Å². The standard InChI is InChI=1S/C18H26N2O6S/c1-27(23,24)16-6-7-17(19-12-16)26-14-4-2-13(3-5-14)25-15-8-10-20(11-9-15)18(21)22/h6-7,12-15H,2-5,8-11H2,1H3,(H,21,22)/t13-,14-. The Morgan fingerprint density at radius 2 is 1.67 bits per heavy atom. The van der Waals surface area contributed by atoms with Crippen LogP contribution in [0.15, 0.2) is 23.2 Å². The molecule has 0 radical (unpaired) electrons. The van der Waals surface area contributed by atoms with Crippen molar-refractivity contribution in [3.05, 3.63) is 18.3 Å². The van der Waals surface area contributed by atoms with Crippen LogP contribution in [0.25, 0.3) is 0 Å². The summed E-state index contributed by atoms with van der Waals surface area (Å²) in [7, 11) is -3.25. The molecule has 1 amide bonds. The average molecular weight is 398 g/mol. The highest BCUT2D eigenvalue weighted by Crippen LogP contribution is 2.27. The largest absolute Gasteiger partial charge is 0.474 e. The third-order valence-electron chi connectivity index (χ3n) is 5.14. The molecule has 0 bridgehead atoms. The van der Waals surface area contributed by atoms with E-state index < -0.39 is 15.9 Å². The number of rotatable bonds is 5. The minimum atomic E-state index is -3.25. The Labute approximate surface area is 159 Å². The van der Waals surface area contributed by atoms with Gasteiger partial charge in [0.25, 0.3) is 0 Å². The van der Waals surface area contributed by atoms with Gasteiger partial charge in [-0.25, -0.2) is 18.2 Å². The summed E-state index contributed by atoms with van der Waals surface area (Å²) >= 11 is 0. The number of carbonyl (C=O) groups is 1. The molecule has 0 spiro atoms. The van der Waals surface area contributed by atoms with E-state index in [1.54, 1.807) is 6.07 Å². The molecule has 150 valence electrons. The second-order valence-corrected chi connectivity index (χ2v) is 9.24. The predicted molar refractivity (Wildman–Crippen MR) is 97.7 cm³/mol. The third kappa shape index (κ3) is 5.55. The maximum Gasteiger partial charge on any atom is 0.407 e. The van der Waals surface area contributed by atoms with E-state index in [2.05, 4.69) is 4.98 Å². The minimum absolute atomic E-state index is 0.0512. The van der Waals surface area contributed by atoms with Crippen LogP contribution in [0.4, 0.5) is 4.79 Å². The Morgan fingerprint density at radius 3 is 2.19 bits per heavy atom. The molecule has 1 aliphatic heterocycles. The van der Waals surface area contributed by atoms with E-state index in [4.69, 9.17) is 14.6 Å². The maximum atomic E-state index is 11.5. The Kier molecular flexibility index (Phi) is 6.21. The first kappa shape index (κ1) is 19.9. The van der Waals surface area contributed by atoms with Crippen molar-refractivity contribution in [1.29, 1.82) is 0 Å². The molecule has 2 aliphatic rings. The normalized spacial score (nSPS) is 24.6. The molecule has 9 heteroatoms. The monoisotopic (exact) mass is 398 g/mol. The fourth-order valence-corrected chi connectivity index (χ4v) is 4.13. The second kappa shape index (κ2) is 8.43.